The average molecular weight is 442 g/mol. The monoisotopic (exact) mass is 441 g/mol. The lowest BCUT2D eigenvalue weighted by molar-refractivity contribution is 0.0697. The van der Waals surface area contributed by atoms with Gasteiger partial charge in [0.1, 0.15) is 22.0 Å². The summed E-state index contributed by atoms with van der Waals surface area (Å²) in [6.45, 7) is -0.0669. The van der Waals surface area contributed by atoms with Crippen molar-refractivity contribution < 1.29 is 15.0 Å². The van der Waals surface area contributed by atoms with Gasteiger partial charge >= 0.3 is 5.97 Å². The summed E-state index contributed by atoms with van der Waals surface area (Å²) in [6.07, 6.45) is 1.62. The second kappa shape index (κ2) is 8.23. The van der Waals surface area contributed by atoms with Gasteiger partial charge in [-0.3, -0.25) is 0 Å². The fourth-order valence-corrected chi connectivity index (χ4v) is 3.85. The van der Waals surface area contributed by atoms with Crippen LogP contribution >= 0.6 is 22.9 Å². The Bertz CT molecular complexity index is 1250. The normalized spacial score (nSPS) is 10.9. The van der Waals surface area contributed by atoms with Gasteiger partial charge in [-0.25, -0.2) is 19.7 Å². The Morgan fingerprint density at radius 1 is 1.20 bits per heavy atom. The fraction of sp³-hybridized carbons (Fsp3) is 0.100. The van der Waals surface area contributed by atoms with E-state index in [9.17, 15) is 15.0 Å². The van der Waals surface area contributed by atoms with Crippen molar-refractivity contribution >= 4 is 61.7 Å². The van der Waals surface area contributed by atoms with E-state index >= 15 is 0 Å². The molecule has 3 N–H and O–H groups in total. The number of anilines is 4. The third kappa shape index (κ3) is 4.04. The molecule has 0 saturated heterocycles. The maximum Gasteiger partial charge on any atom is 0.337 e. The Morgan fingerprint density at radius 2 is 2.03 bits per heavy atom. The Morgan fingerprint density at radius 3 is 2.80 bits per heavy atom. The van der Waals surface area contributed by atoms with Crippen molar-refractivity contribution in [3.05, 3.63) is 64.8 Å². The van der Waals surface area contributed by atoms with E-state index in [0.717, 1.165) is 11.1 Å². The van der Waals surface area contributed by atoms with Crippen LogP contribution < -0.4 is 10.2 Å². The molecule has 152 valence electrons. The van der Waals surface area contributed by atoms with Crippen LogP contribution in [0.25, 0.3) is 10.3 Å². The van der Waals surface area contributed by atoms with E-state index in [-0.39, 0.29) is 17.2 Å². The number of rotatable bonds is 6. The molecule has 8 nitrogen and oxygen atoms in total. The van der Waals surface area contributed by atoms with Crippen molar-refractivity contribution in [2.45, 2.75) is 6.61 Å². The molecule has 0 spiro atoms. The van der Waals surface area contributed by atoms with Gasteiger partial charge in [0.2, 0.25) is 0 Å². The van der Waals surface area contributed by atoms with E-state index in [4.69, 9.17) is 11.6 Å². The zero-order chi connectivity index (χ0) is 21.3. The molecule has 0 aliphatic rings. The molecule has 0 aliphatic carbocycles. The fourth-order valence-electron chi connectivity index (χ4n) is 2.82. The molecule has 1 aromatic carbocycles. The number of hydrogen-bond acceptors (Lipinski definition) is 8. The van der Waals surface area contributed by atoms with Gasteiger partial charge in [-0.1, -0.05) is 22.9 Å². The van der Waals surface area contributed by atoms with Gasteiger partial charge in [0, 0.05) is 18.9 Å². The standard InChI is InChI=1S/C20H16ClN5O3S/c1-26(12-2-3-14(21)13(9-12)19(28)29)17-5-4-15-18(25-17)30-20(23-15)24-16-8-11(10-27)6-7-22-16/h2-9,27H,10H2,1H3,(H,28,29)(H,22,23,24). The predicted molar refractivity (Wildman–Crippen MR) is 117 cm³/mol. The molecule has 0 amide bonds. The number of aromatic carboxylic acids is 1. The summed E-state index contributed by atoms with van der Waals surface area (Å²) in [6, 6.07) is 11.9. The number of nitrogens with one attached hydrogen (secondary N) is 1. The number of halogens is 1. The summed E-state index contributed by atoms with van der Waals surface area (Å²) < 4.78 is 0. The number of hydrogen-bond donors (Lipinski definition) is 3. The smallest absolute Gasteiger partial charge is 0.337 e. The highest BCUT2D eigenvalue weighted by atomic mass is 35.5. The molecule has 0 fully saturated rings. The third-order valence-corrected chi connectivity index (χ3v) is 5.60. The van der Waals surface area contributed by atoms with E-state index in [0.29, 0.717) is 27.3 Å². The van der Waals surface area contributed by atoms with Crippen LogP contribution in [0, 0.1) is 0 Å². The highest BCUT2D eigenvalue weighted by molar-refractivity contribution is 7.21. The van der Waals surface area contributed by atoms with Gasteiger partial charge in [0.25, 0.3) is 0 Å². The minimum atomic E-state index is -1.09. The molecule has 0 aliphatic heterocycles. The molecule has 30 heavy (non-hydrogen) atoms. The number of aliphatic hydroxyl groups is 1. The van der Waals surface area contributed by atoms with E-state index in [1.807, 2.05) is 12.1 Å². The van der Waals surface area contributed by atoms with Gasteiger partial charge in [0.05, 0.1) is 17.2 Å². The number of carboxylic acids is 1. The zero-order valence-electron chi connectivity index (χ0n) is 15.7. The predicted octanol–water partition coefficient (Wildman–Crippen LogP) is 4.44. The molecule has 3 aromatic heterocycles. The number of carbonyl (C=O) groups is 1. The first-order valence-corrected chi connectivity index (χ1v) is 10.0. The maximum atomic E-state index is 11.3. The van der Waals surface area contributed by atoms with Crippen LogP contribution in [0.5, 0.6) is 0 Å². The van der Waals surface area contributed by atoms with Crippen LogP contribution in [0.2, 0.25) is 5.02 Å². The molecular formula is C20H16ClN5O3S. The molecule has 3 heterocycles. The number of fused-ring (bicyclic) bond motifs is 1. The largest absolute Gasteiger partial charge is 0.478 e. The SMILES string of the molecule is CN(c1ccc(Cl)c(C(=O)O)c1)c1ccc2nc(Nc3cc(CO)ccn3)sc2n1. The van der Waals surface area contributed by atoms with Crippen molar-refractivity contribution in [2.24, 2.45) is 0 Å². The lowest BCUT2D eigenvalue weighted by Gasteiger charge is -2.19. The quantitative estimate of drug-likeness (QED) is 0.402. The maximum absolute atomic E-state index is 11.3. The third-order valence-electron chi connectivity index (χ3n) is 4.39. The Kier molecular flexibility index (Phi) is 5.49. The van der Waals surface area contributed by atoms with Crippen LogP contribution in [0.4, 0.5) is 22.5 Å². The molecule has 10 heteroatoms. The molecule has 4 rings (SSSR count). The molecule has 0 saturated carbocycles. The summed E-state index contributed by atoms with van der Waals surface area (Å²) in [5.74, 6) is 0.132. The highest BCUT2D eigenvalue weighted by Crippen LogP contribution is 2.31. The molecule has 0 atom stereocenters. The van der Waals surface area contributed by atoms with E-state index in [1.165, 1.54) is 17.4 Å². The summed E-state index contributed by atoms with van der Waals surface area (Å²) in [5, 5.41) is 22.5. The summed E-state index contributed by atoms with van der Waals surface area (Å²) in [5.41, 5.74) is 2.15. The number of benzene rings is 1. The van der Waals surface area contributed by atoms with Crippen LogP contribution in [0.3, 0.4) is 0 Å². The first-order chi connectivity index (χ1) is 14.4. The first-order valence-electron chi connectivity index (χ1n) is 8.81. The molecule has 0 bridgehead atoms. The lowest BCUT2D eigenvalue weighted by atomic mass is 10.2. The number of pyridine rings is 2. The summed E-state index contributed by atoms with van der Waals surface area (Å²) in [4.78, 5) is 27.2. The first kappa shape index (κ1) is 20.0. The van der Waals surface area contributed by atoms with Gasteiger partial charge in [-0.2, -0.15) is 0 Å². The Balaban J connectivity index is 1.62. The number of aliphatic hydroxyl groups excluding tert-OH is 1. The molecular weight excluding hydrogens is 426 g/mol. The summed E-state index contributed by atoms with van der Waals surface area (Å²) >= 11 is 7.33. The van der Waals surface area contributed by atoms with Gasteiger partial charge < -0.3 is 20.4 Å². The van der Waals surface area contributed by atoms with Gasteiger partial charge in [-0.15, -0.1) is 0 Å². The van der Waals surface area contributed by atoms with Crippen molar-refractivity contribution in [3.8, 4) is 0 Å². The minimum absolute atomic E-state index is 0.0315. The molecule has 4 aromatic rings. The van der Waals surface area contributed by atoms with Crippen molar-refractivity contribution in [1.29, 1.82) is 0 Å². The van der Waals surface area contributed by atoms with Crippen molar-refractivity contribution in [1.82, 2.24) is 15.0 Å². The van der Waals surface area contributed by atoms with Gasteiger partial charge in [0.15, 0.2) is 5.13 Å². The molecule has 0 unspecified atom stereocenters. The van der Waals surface area contributed by atoms with Crippen LogP contribution in [0.1, 0.15) is 15.9 Å². The van der Waals surface area contributed by atoms with Crippen LogP contribution in [-0.2, 0) is 6.61 Å². The van der Waals surface area contributed by atoms with Gasteiger partial charge in [-0.05, 0) is 48.0 Å². The second-order valence-electron chi connectivity index (χ2n) is 6.37. The van der Waals surface area contributed by atoms with E-state index < -0.39 is 5.97 Å². The summed E-state index contributed by atoms with van der Waals surface area (Å²) in [7, 11) is 1.80. The number of carboxylic acid groups (broad SMARTS) is 1. The average Bonchev–Trinajstić information content (AvgIpc) is 3.14. The Labute approximate surface area is 180 Å². The van der Waals surface area contributed by atoms with E-state index in [1.54, 1.807) is 42.4 Å². The molecule has 0 radical (unpaired) electrons. The number of thiazole rings is 1. The highest BCUT2D eigenvalue weighted by Gasteiger charge is 2.14. The zero-order valence-corrected chi connectivity index (χ0v) is 17.3. The Hall–Kier alpha value is -3.27. The second-order valence-corrected chi connectivity index (χ2v) is 7.76. The van der Waals surface area contributed by atoms with Crippen LogP contribution in [0.15, 0.2) is 48.7 Å². The number of nitrogens with zero attached hydrogens (tertiary/aromatic N) is 4. The number of aromatic nitrogens is 3. The van der Waals surface area contributed by atoms with Crippen molar-refractivity contribution in [2.75, 3.05) is 17.3 Å². The topological polar surface area (TPSA) is 111 Å². The van der Waals surface area contributed by atoms with Crippen LogP contribution in [-0.4, -0.2) is 38.2 Å². The minimum Gasteiger partial charge on any atom is -0.478 e. The van der Waals surface area contributed by atoms with E-state index in [2.05, 4.69) is 20.3 Å². The van der Waals surface area contributed by atoms with Crippen molar-refractivity contribution in [3.63, 3.8) is 0 Å². The lowest BCUT2D eigenvalue weighted by Crippen LogP contribution is -2.12.